The van der Waals surface area contributed by atoms with Crippen LogP contribution >= 0.6 is 12.2 Å². The summed E-state index contributed by atoms with van der Waals surface area (Å²) < 4.78 is 5.43. The molecule has 33 heavy (non-hydrogen) atoms. The first kappa shape index (κ1) is 20.7. The van der Waals surface area contributed by atoms with E-state index in [1.807, 2.05) is 78.9 Å². The van der Waals surface area contributed by atoms with Crippen LogP contribution in [0.2, 0.25) is 0 Å². The van der Waals surface area contributed by atoms with Gasteiger partial charge in [0.05, 0.1) is 23.7 Å². The van der Waals surface area contributed by atoms with Gasteiger partial charge in [0.1, 0.15) is 11.6 Å². The molecule has 0 saturated heterocycles. The number of nitrogens with one attached hydrogen (secondary N) is 3. The molecule has 0 saturated carbocycles. The summed E-state index contributed by atoms with van der Waals surface area (Å²) in [6.45, 7) is 0. The summed E-state index contributed by atoms with van der Waals surface area (Å²) in [4.78, 5) is 20.9. The van der Waals surface area contributed by atoms with Gasteiger partial charge < -0.3 is 15.0 Å². The topological polar surface area (TPSA) is 79.0 Å². The van der Waals surface area contributed by atoms with Gasteiger partial charge in [-0.3, -0.25) is 10.1 Å². The molecule has 0 fully saturated rings. The normalized spacial score (nSPS) is 10.8. The number of aromatic amines is 1. The zero-order chi connectivity index (χ0) is 22.8. The number of aromatic nitrogens is 2. The molecule has 3 N–H and O–H groups in total. The lowest BCUT2D eigenvalue weighted by Crippen LogP contribution is -2.34. The van der Waals surface area contributed by atoms with Gasteiger partial charge in [0.15, 0.2) is 5.11 Å². The summed E-state index contributed by atoms with van der Waals surface area (Å²) >= 11 is 5.39. The Kier molecular flexibility index (Phi) is 5.46. The maximum absolute atomic E-state index is 12.9. The summed E-state index contributed by atoms with van der Waals surface area (Å²) in [5.41, 5.74) is 3.93. The van der Waals surface area contributed by atoms with Gasteiger partial charge in [0, 0.05) is 11.3 Å². The average molecular weight is 453 g/mol. The van der Waals surface area contributed by atoms with Gasteiger partial charge in [-0.15, -0.1) is 0 Å². The predicted octanol–water partition coefficient (Wildman–Crippen LogP) is 5.52. The lowest BCUT2D eigenvalue weighted by Gasteiger charge is -2.13. The smallest absolute Gasteiger partial charge is 0.261 e. The number of anilines is 1. The monoisotopic (exact) mass is 452 g/mol. The van der Waals surface area contributed by atoms with E-state index in [0.29, 0.717) is 11.3 Å². The first-order valence-corrected chi connectivity index (χ1v) is 10.8. The molecule has 1 amide bonds. The van der Waals surface area contributed by atoms with E-state index in [9.17, 15) is 4.79 Å². The number of methoxy groups -OCH3 is 1. The Morgan fingerprint density at radius 2 is 1.70 bits per heavy atom. The number of H-pyrrole nitrogens is 1. The summed E-state index contributed by atoms with van der Waals surface area (Å²) in [5, 5.41) is 7.95. The third-order valence-corrected chi connectivity index (χ3v) is 5.53. The summed E-state index contributed by atoms with van der Waals surface area (Å²) in [6, 6.07) is 27.0. The SMILES string of the molecule is COc1cc2ccccc2cc1C(=O)NC(=S)Nc1cccc(-c2nc3ccccc3[nH]2)c1. The van der Waals surface area contributed by atoms with Gasteiger partial charge in [0.25, 0.3) is 5.91 Å². The van der Waals surface area contributed by atoms with Gasteiger partial charge in [-0.1, -0.05) is 48.5 Å². The molecule has 0 spiro atoms. The number of carbonyl (C=O) groups excluding carboxylic acids is 1. The van der Waals surface area contributed by atoms with Crippen LogP contribution in [-0.4, -0.2) is 28.1 Å². The second-order valence-electron chi connectivity index (χ2n) is 7.49. The molecule has 5 rings (SSSR count). The number of carbonyl (C=O) groups is 1. The van der Waals surface area contributed by atoms with Crippen molar-refractivity contribution in [1.29, 1.82) is 0 Å². The molecule has 1 heterocycles. The fourth-order valence-electron chi connectivity index (χ4n) is 3.73. The lowest BCUT2D eigenvalue weighted by atomic mass is 10.1. The molecule has 0 atom stereocenters. The van der Waals surface area contributed by atoms with E-state index in [0.717, 1.165) is 38.9 Å². The van der Waals surface area contributed by atoms with Crippen molar-refractivity contribution in [2.24, 2.45) is 0 Å². The summed E-state index contributed by atoms with van der Waals surface area (Å²) in [7, 11) is 1.54. The minimum Gasteiger partial charge on any atom is -0.496 e. The maximum atomic E-state index is 12.9. The number of ether oxygens (including phenoxy) is 1. The number of nitrogens with zero attached hydrogens (tertiary/aromatic N) is 1. The van der Waals surface area contributed by atoms with E-state index in [2.05, 4.69) is 20.6 Å². The Labute approximate surface area is 195 Å². The summed E-state index contributed by atoms with van der Waals surface area (Å²) in [5.74, 6) is 0.903. The van der Waals surface area contributed by atoms with Crippen LogP contribution in [0.3, 0.4) is 0 Å². The van der Waals surface area contributed by atoms with E-state index >= 15 is 0 Å². The number of rotatable bonds is 4. The molecule has 0 bridgehead atoms. The van der Waals surface area contributed by atoms with Crippen LogP contribution < -0.4 is 15.4 Å². The van der Waals surface area contributed by atoms with Gasteiger partial charge in [-0.2, -0.15) is 0 Å². The Balaban J connectivity index is 1.34. The molecule has 0 radical (unpaired) electrons. The fraction of sp³-hybridized carbons (Fsp3) is 0.0385. The Morgan fingerprint density at radius 3 is 2.48 bits per heavy atom. The second-order valence-corrected chi connectivity index (χ2v) is 7.90. The van der Waals surface area contributed by atoms with Crippen LogP contribution in [0.15, 0.2) is 84.9 Å². The number of imidazole rings is 1. The van der Waals surface area contributed by atoms with Crippen molar-refractivity contribution in [2.75, 3.05) is 12.4 Å². The minimum atomic E-state index is -0.344. The number of benzene rings is 4. The van der Waals surface area contributed by atoms with Crippen molar-refractivity contribution in [2.45, 2.75) is 0 Å². The van der Waals surface area contributed by atoms with E-state index in [-0.39, 0.29) is 11.0 Å². The number of hydrogen-bond acceptors (Lipinski definition) is 4. The number of thiocarbonyl (C=S) groups is 1. The molecule has 0 aliphatic rings. The predicted molar refractivity (Wildman–Crippen MR) is 136 cm³/mol. The number of hydrogen-bond donors (Lipinski definition) is 3. The number of amides is 1. The number of fused-ring (bicyclic) bond motifs is 2. The van der Waals surface area contributed by atoms with Crippen molar-refractivity contribution < 1.29 is 9.53 Å². The fourth-order valence-corrected chi connectivity index (χ4v) is 3.94. The van der Waals surface area contributed by atoms with E-state index in [4.69, 9.17) is 17.0 Å². The molecule has 7 heteroatoms. The van der Waals surface area contributed by atoms with E-state index < -0.39 is 0 Å². The van der Waals surface area contributed by atoms with Gasteiger partial charge in [-0.25, -0.2) is 4.98 Å². The van der Waals surface area contributed by atoms with Crippen LogP contribution in [0.25, 0.3) is 33.2 Å². The van der Waals surface area contributed by atoms with Crippen molar-refractivity contribution in [1.82, 2.24) is 15.3 Å². The Bertz CT molecular complexity index is 1480. The highest BCUT2D eigenvalue weighted by atomic mass is 32.1. The Morgan fingerprint density at radius 1 is 0.939 bits per heavy atom. The highest BCUT2D eigenvalue weighted by molar-refractivity contribution is 7.80. The van der Waals surface area contributed by atoms with Crippen LogP contribution in [0.1, 0.15) is 10.4 Å². The molecule has 6 nitrogen and oxygen atoms in total. The standard InChI is InChI=1S/C26H20N4O2S/c1-32-23-15-17-8-3-2-7-16(17)14-20(23)25(31)30-26(33)27-19-10-6-9-18(13-19)24-28-21-11-4-5-12-22(21)29-24/h2-15H,1H3,(H,28,29)(H2,27,30,31,33). The highest BCUT2D eigenvalue weighted by Gasteiger charge is 2.15. The molecular formula is C26H20N4O2S. The van der Waals surface area contributed by atoms with Crippen LogP contribution in [0.4, 0.5) is 5.69 Å². The molecule has 0 unspecified atom stereocenters. The van der Waals surface area contributed by atoms with Crippen molar-refractivity contribution >= 4 is 50.7 Å². The first-order chi connectivity index (χ1) is 16.1. The minimum absolute atomic E-state index is 0.192. The van der Waals surface area contributed by atoms with Crippen molar-refractivity contribution in [3.8, 4) is 17.1 Å². The second kappa shape index (κ2) is 8.72. The largest absolute Gasteiger partial charge is 0.496 e. The van der Waals surface area contributed by atoms with Crippen LogP contribution in [-0.2, 0) is 0 Å². The first-order valence-electron chi connectivity index (χ1n) is 10.3. The van der Waals surface area contributed by atoms with Crippen molar-refractivity contribution in [3.05, 3.63) is 90.5 Å². The third kappa shape index (κ3) is 4.26. The quantitative estimate of drug-likeness (QED) is 0.313. The molecule has 1 aromatic heterocycles. The van der Waals surface area contributed by atoms with Gasteiger partial charge in [0.2, 0.25) is 0 Å². The molecule has 0 aliphatic heterocycles. The van der Waals surface area contributed by atoms with Crippen LogP contribution in [0, 0.1) is 0 Å². The van der Waals surface area contributed by atoms with E-state index in [1.54, 1.807) is 13.2 Å². The van der Waals surface area contributed by atoms with Crippen LogP contribution in [0.5, 0.6) is 5.75 Å². The molecule has 5 aromatic rings. The van der Waals surface area contributed by atoms with E-state index in [1.165, 1.54) is 0 Å². The van der Waals surface area contributed by atoms with Crippen molar-refractivity contribution in [3.63, 3.8) is 0 Å². The molecule has 162 valence electrons. The van der Waals surface area contributed by atoms with Gasteiger partial charge >= 0.3 is 0 Å². The Hall–Kier alpha value is -4.23. The zero-order valence-electron chi connectivity index (χ0n) is 17.8. The molecular weight excluding hydrogens is 432 g/mol. The lowest BCUT2D eigenvalue weighted by molar-refractivity contribution is 0.0975. The van der Waals surface area contributed by atoms with Gasteiger partial charge in [-0.05, 0) is 59.4 Å². The average Bonchev–Trinajstić information content (AvgIpc) is 3.27. The highest BCUT2D eigenvalue weighted by Crippen LogP contribution is 2.26. The third-order valence-electron chi connectivity index (χ3n) is 5.32. The maximum Gasteiger partial charge on any atom is 0.261 e. The number of para-hydroxylation sites is 2. The zero-order valence-corrected chi connectivity index (χ0v) is 18.6. The summed E-state index contributed by atoms with van der Waals surface area (Å²) in [6.07, 6.45) is 0. The molecule has 0 aliphatic carbocycles. The molecule has 4 aromatic carbocycles.